The molecule has 1 fully saturated rings. The highest BCUT2D eigenvalue weighted by molar-refractivity contribution is 5.82. The number of nitrogens with zero attached hydrogens (tertiary/aromatic N) is 1. The zero-order valence-corrected chi connectivity index (χ0v) is 8.16. The molecule has 1 N–H and O–H groups in total. The Hall–Kier alpha value is -1.31. The molecule has 0 radical (unpaired) electrons. The molecule has 5 nitrogen and oxygen atoms in total. The second-order valence-electron chi connectivity index (χ2n) is 3.34. The fourth-order valence-electron chi connectivity index (χ4n) is 1.20. The van der Waals surface area contributed by atoms with Gasteiger partial charge in [0.25, 0.3) is 0 Å². The van der Waals surface area contributed by atoms with Crippen molar-refractivity contribution >= 4 is 11.9 Å². The van der Waals surface area contributed by atoms with E-state index >= 15 is 0 Å². The van der Waals surface area contributed by atoms with Gasteiger partial charge in [0.2, 0.25) is 0 Å². The van der Waals surface area contributed by atoms with Crippen molar-refractivity contribution in [2.75, 3.05) is 19.7 Å². The van der Waals surface area contributed by atoms with Crippen molar-refractivity contribution in [3.05, 3.63) is 0 Å². The topological polar surface area (TPSA) is 66.8 Å². The van der Waals surface area contributed by atoms with Gasteiger partial charge >= 0.3 is 18.1 Å². The van der Waals surface area contributed by atoms with E-state index in [-0.39, 0.29) is 26.1 Å². The molecule has 0 aromatic heterocycles. The van der Waals surface area contributed by atoms with Crippen LogP contribution in [0.25, 0.3) is 0 Å². The molecule has 1 rings (SSSR count). The molecule has 1 amide bonds. The van der Waals surface area contributed by atoms with Crippen LogP contribution in [-0.2, 0) is 14.3 Å². The number of rotatable bonds is 4. The molecule has 1 saturated heterocycles. The van der Waals surface area contributed by atoms with E-state index in [0.717, 1.165) is 0 Å². The molecule has 0 saturated carbocycles. The summed E-state index contributed by atoms with van der Waals surface area (Å²) in [7, 11) is 0. The predicted octanol–water partition coefficient (Wildman–Crippen LogP) is 0.251. The van der Waals surface area contributed by atoms with Gasteiger partial charge in [0.15, 0.2) is 0 Å². The minimum atomic E-state index is -4.86. The standard InChI is InChI=1S/C8H10F3NO4/c9-8(10,11)7(15)12-3-5(4-12)16-2-1-6(13)14/h5H,1-4H2,(H,13,14). The van der Waals surface area contributed by atoms with Crippen molar-refractivity contribution in [1.82, 2.24) is 4.90 Å². The quantitative estimate of drug-likeness (QED) is 0.766. The Balaban J connectivity index is 2.18. The average molecular weight is 241 g/mol. The number of hydrogen-bond acceptors (Lipinski definition) is 3. The predicted molar refractivity (Wildman–Crippen MR) is 44.6 cm³/mol. The third-order valence-corrected chi connectivity index (χ3v) is 2.05. The third-order valence-electron chi connectivity index (χ3n) is 2.05. The number of hydrogen-bond donors (Lipinski definition) is 1. The van der Waals surface area contributed by atoms with E-state index in [1.165, 1.54) is 0 Å². The Labute approximate surface area is 88.8 Å². The lowest BCUT2D eigenvalue weighted by atomic mass is 10.1. The zero-order valence-electron chi connectivity index (χ0n) is 8.16. The van der Waals surface area contributed by atoms with Crippen molar-refractivity contribution in [3.8, 4) is 0 Å². The number of aliphatic carboxylic acids is 1. The highest BCUT2D eigenvalue weighted by Crippen LogP contribution is 2.23. The molecular weight excluding hydrogens is 231 g/mol. The lowest BCUT2D eigenvalue weighted by Gasteiger charge is -2.38. The molecule has 1 heterocycles. The number of amides is 1. The fourth-order valence-corrected chi connectivity index (χ4v) is 1.20. The minimum Gasteiger partial charge on any atom is -0.481 e. The van der Waals surface area contributed by atoms with Gasteiger partial charge in [-0.05, 0) is 0 Å². The molecule has 0 spiro atoms. The molecular formula is C8H10F3NO4. The van der Waals surface area contributed by atoms with Crippen LogP contribution in [0, 0.1) is 0 Å². The number of ether oxygens (including phenoxy) is 1. The first-order chi connectivity index (χ1) is 7.30. The first-order valence-electron chi connectivity index (χ1n) is 4.50. The maximum absolute atomic E-state index is 11.9. The Morgan fingerprint density at radius 2 is 1.94 bits per heavy atom. The SMILES string of the molecule is O=C(O)CCOC1CN(C(=O)C(F)(F)F)C1. The number of alkyl halides is 3. The second-order valence-corrected chi connectivity index (χ2v) is 3.34. The molecule has 8 heteroatoms. The number of carbonyl (C=O) groups excluding carboxylic acids is 1. The summed E-state index contributed by atoms with van der Waals surface area (Å²) < 4.78 is 40.6. The normalized spacial score (nSPS) is 17.1. The number of halogens is 3. The monoisotopic (exact) mass is 241 g/mol. The largest absolute Gasteiger partial charge is 0.481 e. The highest BCUT2D eigenvalue weighted by atomic mass is 19.4. The van der Waals surface area contributed by atoms with Gasteiger partial charge in [-0.25, -0.2) is 0 Å². The molecule has 0 aromatic carbocycles. The van der Waals surface area contributed by atoms with Gasteiger partial charge in [-0.2, -0.15) is 13.2 Å². The second kappa shape index (κ2) is 4.69. The Bertz CT molecular complexity index is 285. The van der Waals surface area contributed by atoms with Crippen LogP contribution in [0.1, 0.15) is 6.42 Å². The first kappa shape index (κ1) is 12.8. The van der Waals surface area contributed by atoms with Gasteiger partial charge in [-0.3, -0.25) is 9.59 Å². The summed E-state index contributed by atoms with van der Waals surface area (Å²) in [6.45, 7) is -0.343. The fraction of sp³-hybridized carbons (Fsp3) is 0.750. The van der Waals surface area contributed by atoms with E-state index < -0.39 is 24.2 Å². The van der Waals surface area contributed by atoms with Crippen LogP contribution < -0.4 is 0 Å². The highest BCUT2D eigenvalue weighted by Gasteiger charge is 2.46. The first-order valence-corrected chi connectivity index (χ1v) is 4.50. The van der Waals surface area contributed by atoms with Crippen molar-refractivity contribution in [1.29, 1.82) is 0 Å². The number of carboxylic acid groups (broad SMARTS) is 1. The lowest BCUT2D eigenvalue weighted by Crippen LogP contribution is -2.58. The molecule has 16 heavy (non-hydrogen) atoms. The van der Waals surface area contributed by atoms with Gasteiger partial charge in [0.05, 0.1) is 19.1 Å². The van der Waals surface area contributed by atoms with E-state index in [1.54, 1.807) is 0 Å². The molecule has 0 aromatic rings. The van der Waals surface area contributed by atoms with Gasteiger partial charge in [-0.15, -0.1) is 0 Å². The van der Waals surface area contributed by atoms with Gasteiger partial charge in [-0.1, -0.05) is 0 Å². The van der Waals surface area contributed by atoms with Gasteiger partial charge in [0.1, 0.15) is 0 Å². The van der Waals surface area contributed by atoms with E-state index in [1.807, 2.05) is 0 Å². The average Bonchev–Trinajstić information content (AvgIpc) is 2.05. The van der Waals surface area contributed by atoms with Crippen molar-refractivity contribution < 1.29 is 32.6 Å². The molecule has 0 atom stereocenters. The summed E-state index contributed by atoms with van der Waals surface area (Å²) in [5.74, 6) is -2.92. The van der Waals surface area contributed by atoms with Gasteiger partial charge < -0.3 is 14.7 Å². The summed E-state index contributed by atoms with van der Waals surface area (Å²) in [6, 6.07) is 0. The van der Waals surface area contributed by atoms with E-state index in [2.05, 4.69) is 0 Å². The Kier molecular flexibility index (Phi) is 3.74. The zero-order chi connectivity index (χ0) is 12.3. The van der Waals surface area contributed by atoms with E-state index in [9.17, 15) is 22.8 Å². The molecule has 1 aliphatic heterocycles. The molecule has 1 aliphatic rings. The molecule has 92 valence electrons. The Morgan fingerprint density at radius 1 is 1.38 bits per heavy atom. The summed E-state index contributed by atoms with van der Waals surface area (Å²) in [6.07, 6.45) is -5.55. The summed E-state index contributed by atoms with van der Waals surface area (Å²) in [5, 5.41) is 8.27. The maximum atomic E-state index is 11.9. The summed E-state index contributed by atoms with van der Waals surface area (Å²) in [4.78, 5) is 21.3. The molecule has 0 bridgehead atoms. The smallest absolute Gasteiger partial charge is 0.471 e. The van der Waals surface area contributed by atoms with Crippen LogP contribution in [0.3, 0.4) is 0 Å². The lowest BCUT2D eigenvalue weighted by molar-refractivity contribution is -0.196. The van der Waals surface area contributed by atoms with Crippen LogP contribution in [0.15, 0.2) is 0 Å². The Morgan fingerprint density at radius 3 is 2.38 bits per heavy atom. The van der Waals surface area contributed by atoms with Crippen LogP contribution in [0.5, 0.6) is 0 Å². The number of carbonyl (C=O) groups is 2. The van der Waals surface area contributed by atoms with E-state index in [0.29, 0.717) is 4.90 Å². The summed E-state index contributed by atoms with van der Waals surface area (Å²) in [5.41, 5.74) is 0. The maximum Gasteiger partial charge on any atom is 0.471 e. The number of carboxylic acids is 1. The van der Waals surface area contributed by atoms with Crippen LogP contribution in [0.2, 0.25) is 0 Å². The van der Waals surface area contributed by atoms with Crippen LogP contribution in [-0.4, -0.2) is 53.9 Å². The van der Waals surface area contributed by atoms with Crippen LogP contribution >= 0.6 is 0 Å². The molecule has 0 unspecified atom stereocenters. The minimum absolute atomic E-state index is 0.0615. The van der Waals surface area contributed by atoms with Gasteiger partial charge in [0, 0.05) is 13.1 Å². The number of likely N-dealkylation sites (tertiary alicyclic amines) is 1. The van der Waals surface area contributed by atoms with Crippen molar-refractivity contribution in [2.24, 2.45) is 0 Å². The van der Waals surface area contributed by atoms with Crippen molar-refractivity contribution in [2.45, 2.75) is 18.7 Å². The van der Waals surface area contributed by atoms with Crippen molar-refractivity contribution in [3.63, 3.8) is 0 Å². The molecule has 0 aliphatic carbocycles. The van der Waals surface area contributed by atoms with E-state index in [4.69, 9.17) is 9.84 Å². The van der Waals surface area contributed by atoms with Crippen LogP contribution in [0.4, 0.5) is 13.2 Å². The summed E-state index contributed by atoms with van der Waals surface area (Å²) >= 11 is 0. The third kappa shape index (κ3) is 3.37.